The first-order chi connectivity index (χ1) is 9.67. The fourth-order valence-electron chi connectivity index (χ4n) is 2.41. The van der Waals surface area contributed by atoms with Gasteiger partial charge in [0.05, 0.1) is 23.9 Å². The molecule has 1 atom stereocenters. The summed E-state index contributed by atoms with van der Waals surface area (Å²) in [7, 11) is 0. The Bertz CT molecular complexity index is 518. The lowest BCUT2D eigenvalue weighted by Crippen LogP contribution is -2.51. The van der Waals surface area contributed by atoms with Crippen molar-refractivity contribution in [2.45, 2.75) is 19.4 Å². The van der Waals surface area contributed by atoms with E-state index in [1.165, 1.54) is 18.5 Å². The number of piperazine rings is 1. The van der Waals surface area contributed by atoms with Crippen LogP contribution in [-0.4, -0.2) is 58.0 Å². The standard InChI is InChI=1S/C14H18N4O2/c1-2-11(9-15)17-5-7-18(8-6-17)14(20)12-3-4-16-10-13(12)19/h3-4,10-11,19H,2,5-8H2,1H3. The van der Waals surface area contributed by atoms with E-state index in [0.717, 1.165) is 6.42 Å². The SMILES string of the molecule is CCC(C#N)N1CCN(C(=O)c2ccncc2O)CC1. The summed E-state index contributed by atoms with van der Waals surface area (Å²) in [6.07, 6.45) is 3.55. The van der Waals surface area contributed by atoms with Crippen molar-refractivity contribution in [3.8, 4) is 11.8 Å². The van der Waals surface area contributed by atoms with Crippen molar-refractivity contribution < 1.29 is 9.90 Å². The van der Waals surface area contributed by atoms with Crippen molar-refractivity contribution in [3.05, 3.63) is 24.0 Å². The van der Waals surface area contributed by atoms with Crippen molar-refractivity contribution in [2.75, 3.05) is 26.2 Å². The van der Waals surface area contributed by atoms with Crippen LogP contribution < -0.4 is 0 Å². The number of aromatic hydroxyl groups is 1. The summed E-state index contributed by atoms with van der Waals surface area (Å²) < 4.78 is 0. The van der Waals surface area contributed by atoms with Crippen molar-refractivity contribution in [3.63, 3.8) is 0 Å². The average Bonchev–Trinajstić information content (AvgIpc) is 2.49. The molecule has 20 heavy (non-hydrogen) atoms. The van der Waals surface area contributed by atoms with E-state index in [9.17, 15) is 9.90 Å². The number of nitrogens with zero attached hydrogens (tertiary/aromatic N) is 4. The van der Waals surface area contributed by atoms with Crippen molar-refractivity contribution in [1.82, 2.24) is 14.8 Å². The Hall–Kier alpha value is -2.13. The molecule has 1 aromatic rings. The van der Waals surface area contributed by atoms with Gasteiger partial charge in [0, 0.05) is 32.4 Å². The highest BCUT2D eigenvalue weighted by Gasteiger charge is 2.26. The van der Waals surface area contributed by atoms with Gasteiger partial charge in [-0.1, -0.05) is 6.92 Å². The molecule has 1 unspecified atom stereocenters. The molecule has 6 heteroatoms. The minimum absolute atomic E-state index is 0.0819. The van der Waals surface area contributed by atoms with Crippen LogP contribution in [0.3, 0.4) is 0 Å². The lowest BCUT2D eigenvalue weighted by molar-refractivity contribution is 0.0601. The van der Waals surface area contributed by atoms with Gasteiger partial charge in [-0.3, -0.25) is 14.7 Å². The molecule has 0 radical (unpaired) electrons. The topological polar surface area (TPSA) is 80.5 Å². The molecule has 1 aromatic heterocycles. The molecule has 1 saturated heterocycles. The van der Waals surface area contributed by atoms with Gasteiger partial charge in [0.15, 0.2) is 0 Å². The van der Waals surface area contributed by atoms with Crippen LogP contribution in [0.1, 0.15) is 23.7 Å². The molecule has 0 bridgehead atoms. The summed E-state index contributed by atoms with van der Waals surface area (Å²) in [4.78, 5) is 19.9. The van der Waals surface area contributed by atoms with E-state index in [1.54, 1.807) is 4.90 Å². The van der Waals surface area contributed by atoms with E-state index in [0.29, 0.717) is 26.2 Å². The van der Waals surface area contributed by atoms with Crippen LogP contribution >= 0.6 is 0 Å². The van der Waals surface area contributed by atoms with Crippen LogP contribution in [0.4, 0.5) is 0 Å². The number of carbonyl (C=O) groups is 1. The molecule has 2 rings (SSSR count). The van der Waals surface area contributed by atoms with Crippen molar-refractivity contribution >= 4 is 5.91 Å². The van der Waals surface area contributed by atoms with E-state index in [-0.39, 0.29) is 23.3 Å². The normalized spacial score (nSPS) is 17.5. The molecule has 1 fully saturated rings. The number of rotatable bonds is 3. The van der Waals surface area contributed by atoms with Gasteiger partial charge in [-0.15, -0.1) is 0 Å². The second-order valence-electron chi connectivity index (χ2n) is 4.77. The van der Waals surface area contributed by atoms with Crippen molar-refractivity contribution in [1.29, 1.82) is 5.26 Å². The van der Waals surface area contributed by atoms with Gasteiger partial charge >= 0.3 is 0 Å². The van der Waals surface area contributed by atoms with Crippen molar-refractivity contribution in [2.24, 2.45) is 0 Å². The van der Waals surface area contributed by atoms with Crippen LogP contribution in [0.15, 0.2) is 18.5 Å². The maximum absolute atomic E-state index is 12.3. The second-order valence-corrected chi connectivity index (χ2v) is 4.77. The molecular weight excluding hydrogens is 256 g/mol. The predicted molar refractivity (Wildman–Crippen MR) is 73.1 cm³/mol. The van der Waals surface area contributed by atoms with Gasteiger partial charge in [-0.2, -0.15) is 5.26 Å². The second kappa shape index (κ2) is 6.35. The van der Waals surface area contributed by atoms with Gasteiger partial charge in [0.1, 0.15) is 5.75 Å². The molecule has 0 spiro atoms. The van der Waals surface area contributed by atoms with E-state index in [4.69, 9.17) is 5.26 Å². The summed E-state index contributed by atoms with van der Waals surface area (Å²) >= 11 is 0. The summed E-state index contributed by atoms with van der Waals surface area (Å²) in [6, 6.07) is 3.72. The molecule has 1 amide bonds. The number of hydrogen-bond donors (Lipinski definition) is 1. The largest absolute Gasteiger partial charge is 0.505 e. The molecule has 1 N–H and O–H groups in total. The lowest BCUT2D eigenvalue weighted by atomic mass is 10.1. The van der Waals surface area contributed by atoms with Crippen LogP contribution in [0.2, 0.25) is 0 Å². The molecular formula is C14H18N4O2. The third-order valence-corrected chi connectivity index (χ3v) is 3.61. The Morgan fingerprint density at radius 2 is 2.20 bits per heavy atom. The quantitative estimate of drug-likeness (QED) is 0.883. The number of aromatic nitrogens is 1. The smallest absolute Gasteiger partial charge is 0.257 e. The summed E-state index contributed by atoms with van der Waals surface area (Å²) in [5.41, 5.74) is 0.278. The van der Waals surface area contributed by atoms with E-state index in [2.05, 4.69) is 16.0 Å². The summed E-state index contributed by atoms with van der Waals surface area (Å²) in [5, 5.41) is 18.7. The van der Waals surface area contributed by atoms with Gasteiger partial charge in [0.25, 0.3) is 5.91 Å². The molecule has 2 heterocycles. The Kier molecular flexibility index (Phi) is 4.53. The number of pyridine rings is 1. The fraction of sp³-hybridized carbons (Fsp3) is 0.500. The number of carbonyl (C=O) groups excluding carboxylic acids is 1. The molecule has 0 aliphatic carbocycles. The van der Waals surface area contributed by atoms with Gasteiger partial charge < -0.3 is 10.0 Å². The average molecular weight is 274 g/mol. The lowest BCUT2D eigenvalue weighted by Gasteiger charge is -2.36. The predicted octanol–water partition coefficient (Wildman–Crippen LogP) is 0.847. The molecule has 1 aliphatic heterocycles. The van der Waals surface area contributed by atoms with E-state index < -0.39 is 0 Å². The first kappa shape index (κ1) is 14.3. The zero-order valence-electron chi connectivity index (χ0n) is 11.5. The zero-order valence-corrected chi connectivity index (χ0v) is 11.5. The van der Waals surface area contributed by atoms with Crippen LogP contribution in [0.5, 0.6) is 5.75 Å². The van der Waals surface area contributed by atoms with Crippen LogP contribution in [0.25, 0.3) is 0 Å². The maximum atomic E-state index is 12.3. The number of amides is 1. The maximum Gasteiger partial charge on any atom is 0.257 e. The minimum atomic E-state index is -0.186. The first-order valence-electron chi connectivity index (χ1n) is 6.73. The molecule has 1 aliphatic rings. The Balaban J connectivity index is 1.99. The number of nitriles is 1. The van der Waals surface area contributed by atoms with Gasteiger partial charge in [-0.25, -0.2) is 0 Å². The van der Waals surface area contributed by atoms with E-state index in [1.807, 2.05) is 6.92 Å². The summed E-state index contributed by atoms with van der Waals surface area (Å²) in [6.45, 7) is 4.49. The first-order valence-corrected chi connectivity index (χ1v) is 6.73. The minimum Gasteiger partial charge on any atom is -0.505 e. The molecule has 106 valence electrons. The van der Waals surface area contributed by atoms with Gasteiger partial charge in [-0.05, 0) is 12.5 Å². The monoisotopic (exact) mass is 274 g/mol. The highest BCUT2D eigenvalue weighted by atomic mass is 16.3. The third-order valence-electron chi connectivity index (χ3n) is 3.61. The molecule has 6 nitrogen and oxygen atoms in total. The third kappa shape index (κ3) is 2.89. The molecule has 0 aromatic carbocycles. The van der Waals surface area contributed by atoms with Gasteiger partial charge in [0.2, 0.25) is 0 Å². The van der Waals surface area contributed by atoms with Crippen LogP contribution in [-0.2, 0) is 0 Å². The molecule has 0 saturated carbocycles. The van der Waals surface area contributed by atoms with Crippen LogP contribution in [0, 0.1) is 11.3 Å². The Labute approximate surface area is 118 Å². The highest BCUT2D eigenvalue weighted by molar-refractivity contribution is 5.96. The Morgan fingerprint density at radius 3 is 2.75 bits per heavy atom. The number of hydrogen-bond acceptors (Lipinski definition) is 5. The summed E-state index contributed by atoms with van der Waals surface area (Å²) in [5.74, 6) is -0.280. The Morgan fingerprint density at radius 1 is 1.50 bits per heavy atom. The zero-order chi connectivity index (χ0) is 14.5. The van der Waals surface area contributed by atoms with E-state index >= 15 is 0 Å². The highest BCUT2D eigenvalue weighted by Crippen LogP contribution is 2.18. The fourth-order valence-corrected chi connectivity index (χ4v) is 2.41.